The number of aliphatic imine (C=N–C) groups is 1. The van der Waals surface area contributed by atoms with Crippen molar-refractivity contribution in [2.45, 2.75) is 18.7 Å². The van der Waals surface area contributed by atoms with Crippen LogP contribution in [0.15, 0.2) is 105 Å². The van der Waals surface area contributed by atoms with E-state index in [1.54, 1.807) is 16.7 Å². The first-order valence-corrected chi connectivity index (χ1v) is 13.7. The molecular weight excluding hydrogens is 506 g/mol. The van der Waals surface area contributed by atoms with E-state index in [0.29, 0.717) is 15.1 Å². The maximum atomic E-state index is 14.0. The van der Waals surface area contributed by atoms with Crippen LogP contribution in [0.2, 0.25) is 5.02 Å². The summed E-state index contributed by atoms with van der Waals surface area (Å²) in [6, 6.07) is 28.1. The molecule has 4 aromatic rings. The molecule has 0 aliphatic carbocycles. The minimum Gasteiger partial charge on any atom is -0.334 e. The van der Waals surface area contributed by atoms with Crippen LogP contribution in [-0.4, -0.2) is 17.6 Å². The van der Waals surface area contributed by atoms with Gasteiger partial charge in [0.15, 0.2) is 5.17 Å². The number of anilines is 2. The maximum absolute atomic E-state index is 14.0. The van der Waals surface area contributed by atoms with Crippen LogP contribution in [0.5, 0.6) is 0 Å². The number of amides is 1. The molecule has 2 aliphatic rings. The first-order chi connectivity index (χ1) is 17.5. The minimum absolute atomic E-state index is 0.0653. The number of benzene rings is 4. The van der Waals surface area contributed by atoms with Gasteiger partial charge in [0.1, 0.15) is 9.93 Å². The molecule has 0 N–H and O–H groups in total. The second kappa shape index (κ2) is 9.36. The lowest BCUT2D eigenvalue weighted by molar-refractivity contribution is -0.113. The summed E-state index contributed by atoms with van der Waals surface area (Å²) in [4.78, 5) is 24.8. The Hall–Kier alpha value is -3.19. The molecule has 36 heavy (non-hydrogen) atoms. The number of thioether (sulfide) groups is 2. The first kappa shape index (κ1) is 23.2. The molecule has 0 saturated carbocycles. The number of fused-ring (bicyclic) bond motifs is 2. The largest absolute Gasteiger partial charge is 0.334 e. The van der Waals surface area contributed by atoms with Gasteiger partial charge in [0.05, 0.1) is 17.1 Å². The van der Waals surface area contributed by atoms with Crippen molar-refractivity contribution in [1.29, 1.82) is 0 Å². The molecule has 0 spiro atoms. The number of hydrogen-bond donors (Lipinski definition) is 0. The molecule has 1 fully saturated rings. The van der Waals surface area contributed by atoms with Crippen LogP contribution in [0.1, 0.15) is 12.5 Å². The molecule has 0 bridgehead atoms. The average molecular weight is 528 g/mol. The Bertz CT molecular complexity index is 1590. The third kappa shape index (κ3) is 3.99. The highest BCUT2D eigenvalue weighted by Crippen LogP contribution is 2.52. The van der Waals surface area contributed by atoms with E-state index < -0.39 is 0 Å². The van der Waals surface area contributed by atoms with Crippen molar-refractivity contribution in [3.8, 4) is 0 Å². The Kier molecular flexibility index (Phi) is 6.04. The van der Waals surface area contributed by atoms with E-state index in [1.165, 1.54) is 11.8 Å². The van der Waals surface area contributed by atoms with Gasteiger partial charge >= 0.3 is 0 Å². The van der Waals surface area contributed by atoms with Gasteiger partial charge in [0.2, 0.25) is 0 Å². The fourth-order valence-corrected chi connectivity index (χ4v) is 7.05. The molecule has 1 saturated heterocycles. The first-order valence-electron chi connectivity index (χ1n) is 11.7. The zero-order chi connectivity index (χ0) is 24.8. The van der Waals surface area contributed by atoms with Gasteiger partial charge in [-0.2, -0.15) is 0 Å². The lowest BCUT2D eigenvalue weighted by atomic mass is 10.1. The third-order valence-corrected chi connectivity index (χ3v) is 8.77. The van der Waals surface area contributed by atoms with Gasteiger partial charge in [-0.1, -0.05) is 71.9 Å². The Balaban J connectivity index is 1.52. The zero-order valence-corrected chi connectivity index (χ0v) is 22.1. The Morgan fingerprint density at radius 2 is 1.72 bits per heavy atom. The fourth-order valence-electron chi connectivity index (χ4n) is 4.52. The van der Waals surface area contributed by atoms with Crippen LogP contribution >= 0.6 is 35.1 Å². The molecule has 0 atom stereocenters. The summed E-state index contributed by atoms with van der Waals surface area (Å²) < 4.78 is 0. The normalized spacial score (nSPS) is 18.5. The number of rotatable bonds is 3. The predicted molar refractivity (Wildman–Crippen MR) is 155 cm³/mol. The van der Waals surface area contributed by atoms with E-state index in [1.807, 2.05) is 73.7 Å². The highest BCUT2D eigenvalue weighted by molar-refractivity contribution is 8.20. The molecular formula is C29H22ClN3OS2. The van der Waals surface area contributed by atoms with Crippen molar-refractivity contribution in [2.24, 2.45) is 4.99 Å². The summed E-state index contributed by atoms with van der Waals surface area (Å²) in [5.74, 6) is -0.0653. The van der Waals surface area contributed by atoms with Gasteiger partial charge in [0, 0.05) is 21.8 Å². The fraction of sp³-hybridized carbons (Fsp3) is 0.103. The number of aryl methyl sites for hydroxylation is 1. The molecule has 0 radical (unpaired) electrons. The Morgan fingerprint density at radius 1 is 0.917 bits per heavy atom. The van der Waals surface area contributed by atoms with Gasteiger partial charge in [-0.25, -0.2) is 4.99 Å². The molecule has 178 valence electrons. The number of carbonyl (C=O) groups is 1. The van der Waals surface area contributed by atoms with Gasteiger partial charge in [-0.3, -0.25) is 9.69 Å². The van der Waals surface area contributed by atoms with E-state index in [-0.39, 0.29) is 5.91 Å². The molecule has 1 amide bonds. The molecule has 2 aliphatic heterocycles. The average Bonchev–Trinajstić information content (AvgIpc) is 3.40. The Morgan fingerprint density at radius 3 is 2.56 bits per heavy atom. The highest BCUT2D eigenvalue weighted by atomic mass is 35.5. The summed E-state index contributed by atoms with van der Waals surface area (Å²) >= 11 is 9.36. The topological polar surface area (TPSA) is 35.9 Å². The molecule has 6 rings (SSSR count). The van der Waals surface area contributed by atoms with Gasteiger partial charge in [-0.15, -0.1) is 0 Å². The third-order valence-electron chi connectivity index (χ3n) is 6.20. The Labute approximate surface area is 223 Å². The van der Waals surface area contributed by atoms with E-state index >= 15 is 0 Å². The van der Waals surface area contributed by atoms with Gasteiger partial charge in [-0.05, 0) is 73.0 Å². The van der Waals surface area contributed by atoms with Crippen LogP contribution in [0.25, 0.3) is 10.8 Å². The molecule has 4 nitrogen and oxygen atoms in total. The quantitative estimate of drug-likeness (QED) is 0.251. The zero-order valence-electron chi connectivity index (χ0n) is 19.7. The number of amidine groups is 1. The molecule has 0 unspecified atom stereocenters. The standard InChI is InChI=1S/C29H22ClN3OS2/c1-3-32-24-17-20(30)14-15-25(24)35-28(32)26-27(34)33(21-11-6-8-18(2)16-21)29(36-26)31-23-13-7-10-19-9-4-5-12-22(19)23/h4-17H,3H2,1-2H3/b28-26-,31-29?. The highest BCUT2D eigenvalue weighted by Gasteiger charge is 2.40. The second-order valence-electron chi connectivity index (χ2n) is 8.57. The van der Waals surface area contributed by atoms with Crippen molar-refractivity contribution in [2.75, 3.05) is 16.3 Å². The second-order valence-corrected chi connectivity index (χ2v) is 11.0. The number of carbonyl (C=O) groups excluding carboxylic acids is 1. The van der Waals surface area contributed by atoms with Crippen molar-refractivity contribution in [3.05, 3.63) is 105 Å². The number of halogens is 1. The molecule has 7 heteroatoms. The van der Waals surface area contributed by atoms with E-state index in [9.17, 15) is 4.79 Å². The van der Waals surface area contributed by atoms with Crippen LogP contribution in [0.4, 0.5) is 17.1 Å². The number of hydrogen-bond acceptors (Lipinski definition) is 5. The van der Waals surface area contributed by atoms with Crippen LogP contribution in [-0.2, 0) is 4.79 Å². The summed E-state index contributed by atoms with van der Waals surface area (Å²) in [5, 5.41) is 4.42. The van der Waals surface area contributed by atoms with Crippen molar-refractivity contribution in [1.82, 2.24) is 0 Å². The van der Waals surface area contributed by atoms with E-state index in [2.05, 4.69) is 30.0 Å². The van der Waals surface area contributed by atoms with Gasteiger partial charge < -0.3 is 4.90 Å². The number of nitrogens with zero attached hydrogens (tertiary/aromatic N) is 3. The van der Waals surface area contributed by atoms with Crippen molar-refractivity contribution in [3.63, 3.8) is 0 Å². The van der Waals surface area contributed by atoms with Crippen LogP contribution in [0.3, 0.4) is 0 Å². The van der Waals surface area contributed by atoms with Gasteiger partial charge in [0.25, 0.3) is 5.91 Å². The SMILES string of the molecule is CCN1/C(=C2/SC(=Nc3cccc4ccccc34)N(c3cccc(C)c3)C2=O)Sc2ccc(Cl)cc21. The smallest absolute Gasteiger partial charge is 0.274 e. The lowest BCUT2D eigenvalue weighted by Crippen LogP contribution is -2.29. The summed E-state index contributed by atoms with van der Waals surface area (Å²) in [6.45, 7) is 4.85. The summed E-state index contributed by atoms with van der Waals surface area (Å²) in [7, 11) is 0. The lowest BCUT2D eigenvalue weighted by Gasteiger charge is -2.19. The predicted octanol–water partition coefficient (Wildman–Crippen LogP) is 8.37. The minimum atomic E-state index is -0.0653. The molecule has 0 aromatic heterocycles. The summed E-state index contributed by atoms with van der Waals surface area (Å²) in [6.07, 6.45) is 0. The summed E-state index contributed by atoms with van der Waals surface area (Å²) in [5.41, 5.74) is 3.78. The van der Waals surface area contributed by atoms with Crippen molar-refractivity contribution < 1.29 is 4.79 Å². The van der Waals surface area contributed by atoms with E-state index in [4.69, 9.17) is 16.6 Å². The molecule has 4 aromatic carbocycles. The van der Waals surface area contributed by atoms with Crippen LogP contribution < -0.4 is 9.80 Å². The van der Waals surface area contributed by atoms with Crippen LogP contribution in [0, 0.1) is 6.92 Å². The van der Waals surface area contributed by atoms with Crippen molar-refractivity contribution >= 4 is 74.0 Å². The molecule has 2 heterocycles. The van der Waals surface area contributed by atoms with E-state index in [0.717, 1.165) is 49.9 Å². The maximum Gasteiger partial charge on any atom is 0.274 e. The monoisotopic (exact) mass is 527 g/mol.